The van der Waals surface area contributed by atoms with E-state index in [1.807, 2.05) is 14.1 Å². The summed E-state index contributed by atoms with van der Waals surface area (Å²) >= 11 is 3.15. The molecule has 0 unspecified atom stereocenters. The van der Waals surface area contributed by atoms with Crippen LogP contribution in [0.3, 0.4) is 0 Å². The maximum atomic E-state index is 12.4. The van der Waals surface area contributed by atoms with E-state index in [1.54, 1.807) is 0 Å². The van der Waals surface area contributed by atoms with Crippen molar-refractivity contribution in [2.45, 2.75) is 12.6 Å². The third kappa shape index (κ3) is 4.86. The molecular weight excluding hydrogens is 309 g/mol. The quantitative estimate of drug-likeness (QED) is 0.828. The molecule has 18 heavy (non-hydrogen) atoms. The van der Waals surface area contributed by atoms with Gasteiger partial charge in [0.05, 0.1) is 5.56 Å². The van der Waals surface area contributed by atoms with Crippen LogP contribution in [-0.4, -0.2) is 32.1 Å². The zero-order valence-corrected chi connectivity index (χ0v) is 11.9. The molecule has 0 fully saturated rings. The lowest BCUT2D eigenvalue weighted by Crippen LogP contribution is -2.16. The topological polar surface area (TPSA) is 15.3 Å². The Kier molecular flexibility index (Phi) is 5.47. The lowest BCUT2D eigenvalue weighted by molar-refractivity contribution is -0.137. The summed E-state index contributed by atoms with van der Waals surface area (Å²) < 4.78 is 37.8. The molecule has 0 spiro atoms. The van der Waals surface area contributed by atoms with E-state index >= 15 is 0 Å². The van der Waals surface area contributed by atoms with Crippen LogP contribution in [-0.2, 0) is 6.18 Å². The second kappa shape index (κ2) is 6.43. The maximum Gasteiger partial charge on any atom is 0.416 e. The molecule has 1 N–H and O–H groups in total. The summed E-state index contributed by atoms with van der Waals surface area (Å²) in [5.41, 5.74) is 0.0370. The van der Waals surface area contributed by atoms with E-state index in [0.29, 0.717) is 10.2 Å². The fourth-order valence-electron chi connectivity index (χ4n) is 1.45. The molecule has 0 aliphatic carbocycles. The van der Waals surface area contributed by atoms with Gasteiger partial charge in [-0.1, -0.05) is 0 Å². The molecule has 0 aliphatic heterocycles. The van der Waals surface area contributed by atoms with Crippen molar-refractivity contribution >= 4 is 21.6 Å². The Labute approximate surface area is 113 Å². The van der Waals surface area contributed by atoms with E-state index in [1.165, 1.54) is 6.07 Å². The average molecular weight is 325 g/mol. The molecule has 0 saturated heterocycles. The third-order valence-electron chi connectivity index (χ3n) is 2.39. The van der Waals surface area contributed by atoms with E-state index in [4.69, 9.17) is 0 Å². The standard InChI is InChI=1S/C12H16BrF3N2/c1-18(2)7-3-6-17-11-5-4-9(8-10(11)13)12(14,15)16/h4-5,8,17H,3,6-7H2,1-2H3. The molecule has 0 saturated carbocycles. The van der Waals surface area contributed by atoms with Crippen molar-refractivity contribution in [1.82, 2.24) is 4.90 Å². The number of hydrogen-bond acceptors (Lipinski definition) is 2. The van der Waals surface area contributed by atoms with E-state index < -0.39 is 11.7 Å². The van der Waals surface area contributed by atoms with E-state index in [-0.39, 0.29) is 0 Å². The molecule has 2 nitrogen and oxygen atoms in total. The Morgan fingerprint density at radius 1 is 1.28 bits per heavy atom. The van der Waals surface area contributed by atoms with Gasteiger partial charge >= 0.3 is 6.18 Å². The van der Waals surface area contributed by atoms with E-state index in [2.05, 4.69) is 26.1 Å². The van der Waals surface area contributed by atoms with Crippen LogP contribution in [0.15, 0.2) is 22.7 Å². The second-order valence-electron chi connectivity index (χ2n) is 4.28. The molecule has 1 aromatic rings. The van der Waals surface area contributed by atoms with Crippen LogP contribution in [0.1, 0.15) is 12.0 Å². The van der Waals surface area contributed by atoms with Gasteiger partial charge in [-0.05, 0) is 61.2 Å². The molecule has 1 rings (SSSR count). The Morgan fingerprint density at radius 2 is 1.94 bits per heavy atom. The van der Waals surface area contributed by atoms with Crippen molar-refractivity contribution < 1.29 is 13.2 Å². The van der Waals surface area contributed by atoms with Gasteiger partial charge in [0.2, 0.25) is 0 Å². The number of alkyl halides is 3. The summed E-state index contributed by atoms with van der Waals surface area (Å²) in [6, 6.07) is 3.62. The number of anilines is 1. The lowest BCUT2D eigenvalue weighted by Gasteiger charge is -2.13. The summed E-state index contributed by atoms with van der Waals surface area (Å²) in [7, 11) is 3.96. The number of nitrogens with zero attached hydrogens (tertiary/aromatic N) is 1. The van der Waals surface area contributed by atoms with Crippen molar-refractivity contribution in [2.24, 2.45) is 0 Å². The van der Waals surface area contributed by atoms with Crippen molar-refractivity contribution in [3.63, 3.8) is 0 Å². The van der Waals surface area contributed by atoms with Gasteiger partial charge in [0.25, 0.3) is 0 Å². The van der Waals surface area contributed by atoms with Crippen LogP contribution in [0.4, 0.5) is 18.9 Å². The largest absolute Gasteiger partial charge is 0.416 e. The summed E-state index contributed by atoms with van der Waals surface area (Å²) in [6.45, 7) is 1.66. The second-order valence-corrected chi connectivity index (χ2v) is 5.13. The summed E-state index contributed by atoms with van der Waals surface area (Å²) in [4.78, 5) is 2.06. The smallest absolute Gasteiger partial charge is 0.384 e. The highest BCUT2D eigenvalue weighted by Crippen LogP contribution is 2.33. The van der Waals surface area contributed by atoms with Crippen molar-refractivity contribution in [2.75, 3.05) is 32.5 Å². The first kappa shape index (κ1) is 15.3. The van der Waals surface area contributed by atoms with Crippen LogP contribution in [0, 0.1) is 0 Å². The Hall–Kier alpha value is -0.750. The minimum atomic E-state index is -4.30. The van der Waals surface area contributed by atoms with Gasteiger partial charge < -0.3 is 10.2 Å². The van der Waals surface area contributed by atoms with Gasteiger partial charge in [-0.3, -0.25) is 0 Å². The zero-order valence-electron chi connectivity index (χ0n) is 10.3. The first-order valence-corrected chi connectivity index (χ1v) is 6.35. The molecule has 6 heteroatoms. The summed E-state index contributed by atoms with van der Waals surface area (Å²) in [5, 5.41) is 3.11. The van der Waals surface area contributed by atoms with Crippen LogP contribution in [0.5, 0.6) is 0 Å². The van der Waals surface area contributed by atoms with Crippen LogP contribution in [0.2, 0.25) is 0 Å². The highest BCUT2D eigenvalue weighted by Gasteiger charge is 2.30. The number of halogens is 4. The monoisotopic (exact) mass is 324 g/mol. The van der Waals surface area contributed by atoms with Gasteiger partial charge in [-0.15, -0.1) is 0 Å². The van der Waals surface area contributed by atoms with Crippen LogP contribution >= 0.6 is 15.9 Å². The van der Waals surface area contributed by atoms with Crippen molar-refractivity contribution in [3.05, 3.63) is 28.2 Å². The average Bonchev–Trinajstić information content (AvgIpc) is 2.24. The molecule has 0 heterocycles. The number of nitrogens with one attached hydrogen (secondary N) is 1. The Bertz CT molecular complexity index is 391. The van der Waals surface area contributed by atoms with Gasteiger partial charge in [-0.2, -0.15) is 13.2 Å². The number of hydrogen-bond donors (Lipinski definition) is 1. The molecule has 0 atom stereocenters. The Morgan fingerprint density at radius 3 is 2.44 bits per heavy atom. The SMILES string of the molecule is CN(C)CCCNc1ccc(C(F)(F)F)cc1Br. The minimum Gasteiger partial charge on any atom is -0.384 e. The predicted octanol–water partition coefficient (Wildman–Crippen LogP) is 3.83. The Balaban J connectivity index is 2.58. The zero-order chi connectivity index (χ0) is 13.8. The molecule has 1 aromatic carbocycles. The van der Waals surface area contributed by atoms with Gasteiger partial charge in [-0.25, -0.2) is 0 Å². The molecule has 0 amide bonds. The van der Waals surface area contributed by atoms with Gasteiger partial charge in [0, 0.05) is 16.7 Å². The van der Waals surface area contributed by atoms with E-state index in [0.717, 1.165) is 31.6 Å². The molecule has 102 valence electrons. The third-order valence-corrected chi connectivity index (χ3v) is 3.05. The minimum absolute atomic E-state index is 0.433. The van der Waals surface area contributed by atoms with Crippen molar-refractivity contribution in [1.29, 1.82) is 0 Å². The normalized spacial score (nSPS) is 11.9. The number of rotatable bonds is 5. The molecule has 0 radical (unpaired) electrons. The fraction of sp³-hybridized carbons (Fsp3) is 0.500. The van der Waals surface area contributed by atoms with Crippen LogP contribution in [0.25, 0.3) is 0 Å². The summed E-state index contributed by atoms with van der Waals surface area (Å²) in [6.07, 6.45) is -3.37. The first-order chi connectivity index (χ1) is 8.30. The molecule has 0 aromatic heterocycles. The highest BCUT2D eigenvalue weighted by atomic mass is 79.9. The molecular formula is C12H16BrF3N2. The molecule has 0 aliphatic rings. The highest BCUT2D eigenvalue weighted by molar-refractivity contribution is 9.10. The lowest BCUT2D eigenvalue weighted by atomic mass is 10.2. The first-order valence-electron chi connectivity index (χ1n) is 5.56. The fourth-order valence-corrected chi connectivity index (χ4v) is 1.97. The summed E-state index contributed by atoms with van der Waals surface area (Å²) in [5.74, 6) is 0. The predicted molar refractivity (Wildman–Crippen MR) is 70.8 cm³/mol. The molecule has 0 bridgehead atoms. The van der Waals surface area contributed by atoms with Gasteiger partial charge in [0.1, 0.15) is 0 Å². The van der Waals surface area contributed by atoms with Crippen molar-refractivity contribution in [3.8, 4) is 0 Å². The number of benzene rings is 1. The van der Waals surface area contributed by atoms with E-state index in [9.17, 15) is 13.2 Å². The maximum absolute atomic E-state index is 12.4. The van der Waals surface area contributed by atoms with Crippen LogP contribution < -0.4 is 5.32 Å². The van der Waals surface area contributed by atoms with Gasteiger partial charge in [0.15, 0.2) is 0 Å².